The Labute approximate surface area is 115 Å². The van der Waals surface area contributed by atoms with Gasteiger partial charge in [-0.25, -0.2) is 4.79 Å². The van der Waals surface area contributed by atoms with E-state index in [2.05, 4.69) is 0 Å². The Morgan fingerprint density at radius 1 is 1.00 bits per heavy atom. The van der Waals surface area contributed by atoms with Crippen LogP contribution in [0.25, 0.3) is 21.8 Å². The summed E-state index contributed by atoms with van der Waals surface area (Å²) in [5.74, 6) is -0.495. The van der Waals surface area contributed by atoms with Crippen LogP contribution in [0, 0.1) is 0 Å². The number of carbonyl (C=O) groups excluding carboxylic acids is 2. The predicted molar refractivity (Wildman–Crippen MR) is 77.1 cm³/mol. The Balaban J connectivity index is 2.44. The third-order valence-corrected chi connectivity index (χ3v) is 3.41. The maximum absolute atomic E-state index is 11.9. The zero-order valence-corrected chi connectivity index (χ0v) is 11.2. The Morgan fingerprint density at radius 2 is 1.70 bits per heavy atom. The minimum atomic E-state index is -0.410. The Kier molecular flexibility index (Phi) is 2.79. The summed E-state index contributed by atoms with van der Waals surface area (Å²) in [5, 5.41) is 1.94. The average Bonchev–Trinajstić information content (AvgIpc) is 2.80. The van der Waals surface area contributed by atoms with Crippen molar-refractivity contribution in [1.82, 2.24) is 4.57 Å². The van der Waals surface area contributed by atoms with Crippen LogP contribution in [0.5, 0.6) is 0 Å². The molecule has 1 aromatic heterocycles. The van der Waals surface area contributed by atoms with Crippen LogP contribution in [0.15, 0.2) is 42.5 Å². The molecule has 0 amide bonds. The molecule has 0 aliphatic heterocycles. The number of hydrogen-bond donors (Lipinski definition) is 0. The van der Waals surface area contributed by atoms with Gasteiger partial charge in [0, 0.05) is 17.7 Å². The number of para-hydroxylation sites is 1. The smallest absolute Gasteiger partial charge is 0.337 e. The van der Waals surface area contributed by atoms with E-state index < -0.39 is 5.97 Å². The number of rotatable bonds is 1. The van der Waals surface area contributed by atoms with Crippen molar-refractivity contribution in [2.24, 2.45) is 0 Å². The number of fused-ring (bicyclic) bond motifs is 3. The quantitative estimate of drug-likeness (QED) is 0.636. The molecule has 0 saturated carbocycles. The average molecular weight is 267 g/mol. The third kappa shape index (κ3) is 1.69. The molecule has 0 atom stereocenters. The summed E-state index contributed by atoms with van der Waals surface area (Å²) < 4.78 is 6.35. The highest BCUT2D eigenvalue weighted by atomic mass is 16.5. The first kappa shape index (κ1) is 12.4. The topological polar surface area (TPSA) is 48.3 Å². The van der Waals surface area contributed by atoms with E-state index in [1.54, 1.807) is 16.7 Å². The van der Waals surface area contributed by atoms with E-state index >= 15 is 0 Å². The molecule has 0 saturated heterocycles. The number of nitrogens with zero attached hydrogens (tertiary/aromatic N) is 1. The normalized spacial score (nSPS) is 10.9. The molecule has 0 unspecified atom stereocenters. The fourth-order valence-corrected chi connectivity index (χ4v) is 2.55. The van der Waals surface area contributed by atoms with Crippen molar-refractivity contribution in [3.05, 3.63) is 48.0 Å². The second kappa shape index (κ2) is 4.49. The molecule has 4 heteroatoms. The Hall–Kier alpha value is -2.62. The van der Waals surface area contributed by atoms with Crippen LogP contribution in [0.1, 0.15) is 22.1 Å². The molecule has 0 N–H and O–H groups in total. The number of aromatic nitrogens is 1. The fraction of sp³-hybridized carbons (Fsp3) is 0.125. The predicted octanol–water partition coefficient (Wildman–Crippen LogP) is 3.24. The van der Waals surface area contributed by atoms with Gasteiger partial charge in [-0.2, -0.15) is 0 Å². The second-order valence-electron chi connectivity index (χ2n) is 4.60. The number of methoxy groups -OCH3 is 1. The fourth-order valence-electron chi connectivity index (χ4n) is 2.55. The summed E-state index contributed by atoms with van der Waals surface area (Å²) in [4.78, 5) is 23.6. The van der Waals surface area contributed by atoms with Crippen molar-refractivity contribution in [3.63, 3.8) is 0 Å². The van der Waals surface area contributed by atoms with E-state index in [1.165, 1.54) is 14.0 Å². The lowest BCUT2D eigenvalue weighted by Crippen LogP contribution is -2.06. The number of carbonyl (C=O) groups is 2. The van der Waals surface area contributed by atoms with Crippen molar-refractivity contribution in [3.8, 4) is 0 Å². The second-order valence-corrected chi connectivity index (χ2v) is 4.60. The zero-order valence-electron chi connectivity index (χ0n) is 11.2. The maximum atomic E-state index is 11.9. The number of esters is 1. The molecular formula is C16H13NO3. The highest BCUT2D eigenvalue weighted by Gasteiger charge is 2.15. The van der Waals surface area contributed by atoms with Crippen LogP contribution in [0.2, 0.25) is 0 Å². The Morgan fingerprint density at radius 3 is 2.40 bits per heavy atom. The molecule has 100 valence electrons. The standard InChI is InChI=1S/C16H13NO3/c1-10(18)17-14-6-4-3-5-12(14)13-8-7-11(9-15(13)17)16(19)20-2/h3-9H,1-2H3. The summed E-state index contributed by atoms with van der Waals surface area (Å²) in [6.07, 6.45) is 0. The van der Waals surface area contributed by atoms with Gasteiger partial charge in [-0.15, -0.1) is 0 Å². The minimum Gasteiger partial charge on any atom is -0.465 e. The maximum Gasteiger partial charge on any atom is 0.337 e. The molecule has 20 heavy (non-hydrogen) atoms. The van der Waals surface area contributed by atoms with E-state index in [9.17, 15) is 9.59 Å². The first-order chi connectivity index (χ1) is 9.63. The number of benzene rings is 2. The van der Waals surface area contributed by atoms with Gasteiger partial charge in [0.25, 0.3) is 0 Å². The zero-order chi connectivity index (χ0) is 14.3. The minimum absolute atomic E-state index is 0.0850. The van der Waals surface area contributed by atoms with Gasteiger partial charge in [0.15, 0.2) is 0 Å². The van der Waals surface area contributed by atoms with Crippen molar-refractivity contribution in [1.29, 1.82) is 0 Å². The van der Waals surface area contributed by atoms with Gasteiger partial charge in [0.1, 0.15) is 0 Å². The molecule has 0 aliphatic carbocycles. The molecule has 0 spiro atoms. The molecule has 0 fully saturated rings. The van der Waals surface area contributed by atoms with Gasteiger partial charge in [0.05, 0.1) is 23.7 Å². The molecule has 4 nitrogen and oxygen atoms in total. The highest BCUT2D eigenvalue weighted by Crippen LogP contribution is 2.29. The van der Waals surface area contributed by atoms with E-state index in [-0.39, 0.29) is 5.91 Å². The van der Waals surface area contributed by atoms with Gasteiger partial charge in [0.2, 0.25) is 5.91 Å². The van der Waals surface area contributed by atoms with Crippen LogP contribution in [0.4, 0.5) is 0 Å². The Bertz CT molecular complexity index is 845. The lowest BCUT2D eigenvalue weighted by Gasteiger charge is -2.03. The molecule has 1 heterocycles. The van der Waals surface area contributed by atoms with Crippen LogP contribution < -0.4 is 0 Å². The molecule has 3 rings (SSSR count). The number of ether oxygens (including phenoxy) is 1. The number of hydrogen-bond acceptors (Lipinski definition) is 3. The highest BCUT2D eigenvalue weighted by molar-refractivity contribution is 6.14. The SMILES string of the molecule is COC(=O)c1ccc2c3ccccc3n(C(C)=O)c2c1. The lowest BCUT2D eigenvalue weighted by atomic mass is 10.1. The lowest BCUT2D eigenvalue weighted by molar-refractivity contribution is 0.0600. The van der Waals surface area contributed by atoms with Crippen molar-refractivity contribution in [2.45, 2.75) is 6.92 Å². The summed E-state index contributed by atoms with van der Waals surface area (Å²) in [6.45, 7) is 1.51. The summed E-state index contributed by atoms with van der Waals surface area (Å²) in [6, 6.07) is 12.9. The van der Waals surface area contributed by atoms with E-state index in [1.807, 2.05) is 30.3 Å². The molecule has 0 aliphatic rings. The molecule has 0 bridgehead atoms. The third-order valence-electron chi connectivity index (χ3n) is 3.41. The van der Waals surface area contributed by atoms with Gasteiger partial charge in [-0.3, -0.25) is 9.36 Å². The molecule has 2 aromatic carbocycles. The van der Waals surface area contributed by atoms with Crippen LogP contribution >= 0.6 is 0 Å². The molecule has 3 aromatic rings. The van der Waals surface area contributed by atoms with Gasteiger partial charge < -0.3 is 4.74 Å². The van der Waals surface area contributed by atoms with Gasteiger partial charge in [-0.1, -0.05) is 24.3 Å². The van der Waals surface area contributed by atoms with Crippen LogP contribution in [0.3, 0.4) is 0 Å². The van der Waals surface area contributed by atoms with E-state index in [4.69, 9.17) is 4.74 Å². The largest absolute Gasteiger partial charge is 0.465 e. The van der Waals surface area contributed by atoms with Gasteiger partial charge in [-0.05, 0) is 18.2 Å². The molecular weight excluding hydrogens is 254 g/mol. The molecule has 0 radical (unpaired) electrons. The monoisotopic (exact) mass is 267 g/mol. The van der Waals surface area contributed by atoms with E-state index in [0.717, 1.165) is 21.8 Å². The summed E-state index contributed by atoms with van der Waals surface area (Å²) in [5.41, 5.74) is 2.00. The summed E-state index contributed by atoms with van der Waals surface area (Å²) >= 11 is 0. The van der Waals surface area contributed by atoms with Crippen LogP contribution in [-0.4, -0.2) is 23.6 Å². The first-order valence-electron chi connectivity index (χ1n) is 6.26. The van der Waals surface area contributed by atoms with Crippen LogP contribution in [-0.2, 0) is 4.74 Å². The van der Waals surface area contributed by atoms with Crippen molar-refractivity contribution < 1.29 is 14.3 Å². The first-order valence-corrected chi connectivity index (χ1v) is 6.26. The van der Waals surface area contributed by atoms with Crippen molar-refractivity contribution >= 4 is 33.7 Å². The van der Waals surface area contributed by atoms with Gasteiger partial charge >= 0.3 is 5.97 Å². The summed E-state index contributed by atoms with van der Waals surface area (Å²) in [7, 11) is 1.34. The van der Waals surface area contributed by atoms with E-state index in [0.29, 0.717) is 5.56 Å². The van der Waals surface area contributed by atoms with Crippen molar-refractivity contribution in [2.75, 3.05) is 7.11 Å².